The molecule has 1 rings (SSSR count). The number of aryl methyl sites for hydroxylation is 1. The van der Waals surface area contributed by atoms with Crippen molar-refractivity contribution in [3.8, 4) is 0 Å². The highest BCUT2D eigenvalue weighted by Crippen LogP contribution is 2.06. The van der Waals surface area contributed by atoms with Gasteiger partial charge in [0.05, 0.1) is 0 Å². The van der Waals surface area contributed by atoms with Crippen molar-refractivity contribution < 1.29 is 0 Å². The topological polar surface area (TPSA) is 28.2 Å². The van der Waals surface area contributed by atoms with Crippen LogP contribution in [0, 0.1) is 6.92 Å². The van der Waals surface area contributed by atoms with Crippen LogP contribution in [0.4, 0.5) is 5.82 Å². The van der Waals surface area contributed by atoms with Gasteiger partial charge in [-0.25, -0.2) is 4.98 Å². The summed E-state index contributed by atoms with van der Waals surface area (Å²) in [5.74, 6) is 0.970. The van der Waals surface area contributed by atoms with E-state index in [0.29, 0.717) is 12.1 Å². The average molecular weight is 235 g/mol. The molecule has 1 aromatic heterocycles. The molecule has 17 heavy (non-hydrogen) atoms. The minimum absolute atomic E-state index is 0.585. The zero-order valence-corrected chi connectivity index (χ0v) is 11.7. The molecule has 0 fully saturated rings. The number of anilines is 1. The van der Waals surface area contributed by atoms with Crippen molar-refractivity contribution in [3.63, 3.8) is 0 Å². The highest BCUT2D eigenvalue weighted by molar-refractivity contribution is 5.34. The Balaban J connectivity index is 2.41. The van der Waals surface area contributed by atoms with Gasteiger partial charge in [0.2, 0.25) is 0 Å². The maximum Gasteiger partial charge on any atom is 0.126 e. The molecule has 1 aromatic rings. The third-order valence-electron chi connectivity index (χ3n) is 2.89. The van der Waals surface area contributed by atoms with Gasteiger partial charge in [-0.2, -0.15) is 0 Å². The molecule has 0 aliphatic rings. The van der Waals surface area contributed by atoms with E-state index >= 15 is 0 Å². The van der Waals surface area contributed by atoms with Crippen LogP contribution >= 0.6 is 0 Å². The molecule has 0 atom stereocenters. The van der Waals surface area contributed by atoms with Crippen LogP contribution in [0.3, 0.4) is 0 Å². The van der Waals surface area contributed by atoms with Crippen LogP contribution in [-0.4, -0.2) is 35.1 Å². The quantitative estimate of drug-likeness (QED) is 0.821. The molecule has 0 amide bonds. The van der Waals surface area contributed by atoms with Gasteiger partial charge in [0.1, 0.15) is 5.82 Å². The molecule has 0 aromatic carbocycles. The normalized spacial score (nSPS) is 11.5. The van der Waals surface area contributed by atoms with E-state index in [0.717, 1.165) is 24.6 Å². The number of hydrogen-bond acceptors (Lipinski definition) is 3. The fraction of sp³-hybridized carbons (Fsp3) is 0.643. The third kappa shape index (κ3) is 4.73. The zero-order valence-electron chi connectivity index (χ0n) is 11.7. The van der Waals surface area contributed by atoms with Crippen LogP contribution in [0.15, 0.2) is 18.2 Å². The van der Waals surface area contributed by atoms with Crippen LogP contribution in [-0.2, 0) is 0 Å². The Morgan fingerprint density at radius 1 is 1.18 bits per heavy atom. The highest BCUT2D eigenvalue weighted by Gasteiger charge is 2.12. The number of aromatic nitrogens is 1. The second kappa shape index (κ2) is 6.60. The number of nitrogens with one attached hydrogen (secondary N) is 1. The predicted octanol–water partition coefficient (Wildman–Crippen LogP) is 2.92. The molecule has 0 saturated heterocycles. The lowest BCUT2D eigenvalue weighted by atomic mass is 10.2. The second-order valence-electron chi connectivity index (χ2n) is 5.02. The van der Waals surface area contributed by atoms with E-state index in [1.165, 1.54) is 0 Å². The molecule has 0 saturated carbocycles. The predicted molar refractivity (Wildman–Crippen MR) is 74.4 cm³/mol. The first kappa shape index (κ1) is 14.0. The fourth-order valence-electron chi connectivity index (χ4n) is 2.07. The third-order valence-corrected chi connectivity index (χ3v) is 2.89. The van der Waals surface area contributed by atoms with E-state index in [4.69, 9.17) is 0 Å². The number of pyridine rings is 1. The molecule has 0 aliphatic heterocycles. The molecule has 3 nitrogen and oxygen atoms in total. The van der Waals surface area contributed by atoms with Crippen molar-refractivity contribution in [3.05, 3.63) is 23.9 Å². The van der Waals surface area contributed by atoms with Crippen molar-refractivity contribution >= 4 is 5.82 Å². The van der Waals surface area contributed by atoms with Gasteiger partial charge >= 0.3 is 0 Å². The summed E-state index contributed by atoms with van der Waals surface area (Å²) < 4.78 is 0. The summed E-state index contributed by atoms with van der Waals surface area (Å²) in [5, 5.41) is 3.37. The Morgan fingerprint density at radius 2 is 1.82 bits per heavy atom. The minimum Gasteiger partial charge on any atom is -0.369 e. The smallest absolute Gasteiger partial charge is 0.126 e. The Hall–Kier alpha value is -1.09. The van der Waals surface area contributed by atoms with Crippen LogP contribution in [0.5, 0.6) is 0 Å². The molecule has 3 heteroatoms. The lowest BCUT2D eigenvalue weighted by Crippen LogP contribution is -2.40. The number of nitrogens with zero attached hydrogens (tertiary/aromatic N) is 2. The summed E-state index contributed by atoms with van der Waals surface area (Å²) in [6, 6.07) is 7.24. The SMILES string of the molecule is Cc1cccc(NCCN(C(C)C)C(C)C)n1. The molecule has 0 bridgehead atoms. The lowest BCUT2D eigenvalue weighted by molar-refractivity contribution is 0.182. The van der Waals surface area contributed by atoms with E-state index in [1.807, 2.05) is 25.1 Å². The van der Waals surface area contributed by atoms with E-state index in [1.54, 1.807) is 0 Å². The van der Waals surface area contributed by atoms with Gasteiger partial charge in [0.15, 0.2) is 0 Å². The van der Waals surface area contributed by atoms with Crippen LogP contribution in [0.2, 0.25) is 0 Å². The Labute approximate surface area is 105 Å². The maximum absolute atomic E-state index is 4.43. The van der Waals surface area contributed by atoms with Crippen molar-refractivity contribution in [2.45, 2.75) is 46.7 Å². The van der Waals surface area contributed by atoms with Gasteiger partial charge in [0.25, 0.3) is 0 Å². The van der Waals surface area contributed by atoms with E-state index < -0.39 is 0 Å². The van der Waals surface area contributed by atoms with Crippen LogP contribution in [0.25, 0.3) is 0 Å². The molecule has 0 aliphatic carbocycles. The molecule has 1 heterocycles. The molecular formula is C14H25N3. The van der Waals surface area contributed by atoms with Crippen molar-refractivity contribution in [1.29, 1.82) is 0 Å². The van der Waals surface area contributed by atoms with E-state index in [9.17, 15) is 0 Å². The Kier molecular flexibility index (Phi) is 5.42. The summed E-state index contributed by atoms with van der Waals surface area (Å²) in [4.78, 5) is 6.91. The first-order valence-electron chi connectivity index (χ1n) is 6.44. The summed E-state index contributed by atoms with van der Waals surface area (Å²) in [6.45, 7) is 13.0. The van der Waals surface area contributed by atoms with Gasteiger partial charge in [-0.05, 0) is 46.8 Å². The van der Waals surface area contributed by atoms with Gasteiger partial charge in [-0.15, -0.1) is 0 Å². The summed E-state index contributed by atoms with van der Waals surface area (Å²) >= 11 is 0. The van der Waals surface area contributed by atoms with Gasteiger partial charge in [-0.3, -0.25) is 4.90 Å². The standard InChI is InChI=1S/C14H25N3/c1-11(2)17(12(3)4)10-9-15-14-8-6-7-13(5)16-14/h6-8,11-12H,9-10H2,1-5H3,(H,15,16). The molecular weight excluding hydrogens is 210 g/mol. The van der Waals surface area contributed by atoms with Gasteiger partial charge in [0, 0.05) is 30.9 Å². The monoisotopic (exact) mass is 235 g/mol. The minimum atomic E-state index is 0.585. The molecule has 0 unspecified atom stereocenters. The summed E-state index contributed by atoms with van der Waals surface area (Å²) in [5.41, 5.74) is 1.06. The fourth-order valence-corrected chi connectivity index (χ4v) is 2.07. The first-order valence-corrected chi connectivity index (χ1v) is 6.44. The van der Waals surface area contributed by atoms with Crippen molar-refractivity contribution in [1.82, 2.24) is 9.88 Å². The Morgan fingerprint density at radius 3 is 2.35 bits per heavy atom. The molecule has 1 N–H and O–H groups in total. The Bertz CT molecular complexity index is 326. The highest BCUT2D eigenvalue weighted by atomic mass is 15.2. The molecule has 0 radical (unpaired) electrons. The lowest BCUT2D eigenvalue weighted by Gasteiger charge is -2.30. The van der Waals surface area contributed by atoms with Crippen molar-refractivity contribution in [2.24, 2.45) is 0 Å². The average Bonchev–Trinajstić information content (AvgIpc) is 2.23. The number of hydrogen-bond donors (Lipinski definition) is 1. The van der Waals surface area contributed by atoms with Gasteiger partial charge in [-0.1, -0.05) is 6.07 Å². The van der Waals surface area contributed by atoms with Crippen LogP contribution < -0.4 is 5.32 Å². The number of rotatable bonds is 6. The van der Waals surface area contributed by atoms with E-state index in [2.05, 4.69) is 42.9 Å². The zero-order chi connectivity index (χ0) is 12.8. The summed E-state index contributed by atoms with van der Waals surface area (Å²) in [7, 11) is 0. The van der Waals surface area contributed by atoms with Crippen molar-refractivity contribution in [2.75, 3.05) is 18.4 Å². The van der Waals surface area contributed by atoms with Crippen LogP contribution in [0.1, 0.15) is 33.4 Å². The maximum atomic E-state index is 4.43. The first-order chi connectivity index (χ1) is 8.00. The molecule has 0 spiro atoms. The van der Waals surface area contributed by atoms with E-state index in [-0.39, 0.29) is 0 Å². The van der Waals surface area contributed by atoms with Gasteiger partial charge < -0.3 is 5.32 Å². The summed E-state index contributed by atoms with van der Waals surface area (Å²) in [6.07, 6.45) is 0. The molecule has 96 valence electrons. The second-order valence-corrected chi connectivity index (χ2v) is 5.02. The largest absolute Gasteiger partial charge is 0.369 e.